The number of aryl methyl sites for hydroxylation is 2. The molecule has 0 aliphatic carbocycles. The Morgan fingerprint density at radius 2 is 2.00 bits per heavy atom. The maximum Gasteiger partial charge on any atom is 0.219 e. The van der Waals surface area contributed by atoms with Gasteiger partial charge in [0.1, 0.15) is 11.6 Å². The van der Waals surface area contributed by atoms with Crippen LogP contribution in [-0.2, 0) is 6.54 Å². The molecule has 1 N–H and O–H groups in total. The van der Waals surface area contributed by atoms with Gasteiger partial charge in [0.2, 0.25) is 5.88 Å². The number of pyridine rings is 1. The molecule has 1 heterocycles. The molecule has 0 aliphatic heterocycles. The van der Waals surface area contributed by atoms with Crippen LogP contribution in [0.4, 0.5) is 4.39 Å². The average Bonchev–Trinajstić information content (AvgIpc) is 2.43. The molecule has 0 saturated carbocycles. The van der Waals surface area contributed by atoms with Crippen LogP contribution in [-0.4, -0.2) is 11.5 Å². The first-order valence-corrected chi connectivity index (χ1v) is 7.20. The van der Waals surface area contributed by atoms with Crippen molar-refractivity contribution in [2.75, 3.05) is 6.54 Å². The van der Waals surface area contributed by atoms with Gasteiger partial charge in [-0.1, -0.05) is 13.0 Å². The third-order valence-corrected chi connectivity index (χ3v) is 3.11. The summed E-state index contributed by atoms with van der Waals surface area (Å²) in [6, 6.07) is 8.42. The Hall–Kier alpha value is -1.94. The van der Waals surface area contributed by atoms with Gasteiger partial charge in [-0.15, -0.1) is 0 Å². The summed E-state index contributed by atoms with van der Waals surface area (Å²) in [5.74, 6) is 0.686. The molecule has 0 spiro atoms. The summed E-state index contributed by atoms with van der Waals surface area (Å²) in [6.07, 6.45) is 1.09. The summed E-state index contributed by atoms with van der Waals surface area (Å²) < 4.78 is 19.0. The van der Waals surface area contributed by atoms with E-state index in [4.69, 9.17) is 4.74 Å². The summed E-state index contributed by atoms with van der Waals surface area (Å²) in [5.41, 5.74) is 2.88. The molecule has 0 radical (unpaired) electrons. The van der Waals surface area contributed by atoms with Gasteiger partial charge < -0.3 is 10.1 Å². The third kappa shape index (κ3) is 4.53. The molecule has 2 aromatic rings. The van der Waals surface area contributed by atoms with Gasteiger partial charge in [-0.25, -0.2) is 9.37 Å². The second-order valence-corrected chi connectivity index (χ2v) is 5.14. The highest BCUT2D eigenvalue weighted by molar-refractivity contribution is 5.36. The topological polar surface area (TPSA) is 34.2 Å². The smallest absolute Gasteiger partial charge is 0.219 e. The van der Waals surface area contributed by atoms with Crippen molar-refractivity contribution in [2.45, 2.75) is 33.7 Å². The van der Waals surface area contributed by atoms with Gasteiger partial charge in [-0.2, -0.15) is 0 Å². The molecule has 3 nitrogen and oxygen atoms in total. The second-order valence-electron chi connectivity index (χ2n) is 5.14. The number of hydrogen-bond donors (Lipinski definition) is 1. The van der Waals surface area contributed by atoms with Crippen molar-refractivity contribution in [1.82, 2.24) is 10.3 Å². The largest absolute Gasteiger partial charge is 0.439 e. The predicted molar refractivity (Wildman–Crippen MR) is 82.2 cm³/mol. The number of nitrogens with zero attached hydrogens (tertiary/aromatic N) is 1. The normalized spacial score (nSPS) is 10.7. The van der Waals surface area contributed by atoms with Crippen molar-refractivity contribution in [2.24, 2.45) is 0 Å². The molecule has 0 amide bonds. The molecule has 0 bridgehead atoms. The lowest BCUT2D eigenvalue weighted by atomic mass is 10.2. The van der Waals surface area contributed by atoms with Crippen LogP contribution in [0.5, 0.6) is 11.6 Å². The van der Waals surface area contributed by atoms with Crippen molar-refractivity contribution in [1.29, 1.82) is 0 Å². The second kappa shape index (κ2) is 7.18. The summed E-state index contributed by atoms with van der Waals surface area (Å²) in [4.78, 5) is 4.36. The summed E-state index contributed by atoms with van der Waals surface area (Å²) in [7, 11) is 0. The first-order chi connectivity index (χ1) is 10.1. The Morgan fingerprint density at radius 1 is 1.19 bits per heavy atom. The van der Waals surface area contributed by atoms with E-state index in [-0.39, 0.29) is 5.82 Å². The Balaban J connectivity index is 2.17. The van der Waals surface area contributed by atoms with Gasteiger partial charge in [0.25, 0.3) is 0 Å². The maximum atomic E-state index is 13.3. The van der Waals surface area contributed by atoms with Crippen molar-refractivity contribution >= 4 is 0 Å². The molecule has 1 aromatic carbocycles. The van der Waals surface area contributed by atoms with Crippen LogP contribution < -0.4 is 10.1 Å². The first kappa shape index (κ1) is 15.4. The third-order valence-electron chi connectivity index (χ3n) is 3.11. The molecule has 112 valence electrons. The Morgan fingerprint density at radius 3 is 2.76 bits per heavy atom. The molecule has 21 heavy (non-hydrogen) atoms. The average molecular weight is 288 g/mol. The van der Waals surface area contributed by atoms with Crippen LogP contribution in [0.2, 0.25) is 0 Å². The van der Waals surface area contributed by atoms with E-state index in [0.29, 0.717) is 11.6 Å². The summed E-state index contributed by atoms with van der Waals surface area (Å²) >= 11 is 0. The fraction of sp³-hybridized carbons (Fsp3) is 0.353. The molecule has 0 unspecified atom stereocenters. The van der Waals surface area contributed by atoms with E-state index in [2.05, 4.69) is 17.2 Å². The predicted octanol–water partition coefficient (Wildman–Crippen LogP) is 4.13. The number of ether oxygens (including phenoxy) is 1. The van der Waals surface area contributed by atoms with Crippen molar-refractivity contribution < 1.29 is 9.13 Å². The lowest BCUT2D eigenvalue weighted by molar-refractivity contribution is 0.452. The molecule has 4 heteroatoms. The number of halogens is 1. The number of nitrogens with one attached hydrogen (secondary N) is 1. The molecular formula is C17H21FN2O. The van der Waals surface area contributed by atoms with Crippen LogP contribution in [0.1, 0.15) is 30.2 Å². The first-order valence-electron chi connectivity index (χ1n) is 7.20. The van der Waals surface area contributed by atoms with Gasteiger partial charge in [-0.3, -0.25) is 0 Å². The lowest BCUT2D eigenvalue weighted by Gasteiger charge is -2.11. The zero-order valence-electron chi connectivity index (χ0n) is 12.7. The van der Waals surface area contributed by atoms with E-state index in [1.807, 2.05) is 26.0 Å². The van der Waals surface area contributed by atoms with Gasteiger partial charge in [0.15, 0.2) is 0 Å². The SMILES string of the molecule is CCCNCc1cc(C)nc(Oc2cc(F)ccc2C)c1. The highest BCUT2D eigenvalue weighted by Gasteiger charge is 2.06. The Kier molecular flexibility index (Phi) is 5.28. The van der Waals surface area contributed by atoms with E-state index in [1.165, 1.54) is 12.1 Å². The molecule has 2 rings (SSSR count). The molecule has 0 saturated heterocycles. The summed E-state index contributed by atoms with van der Waals surface area (Å²) in [6.45, 7) is 7.69. The minimum Gasteiger partial charge on any atom is -0.439 e. The van der Waals surface area contributed by atoms with Crippen molar-refractivity contribution in [3.63, 3.8) is 0 Å². The van der Waals surface area contributed by atoms with Crippen LogP contribution in [0.15, 0.2) is 30.3 Å². The van der Waals surface area contributed by atoms with E-state index in [0.717, 1.165) is 36.3 Å². The highest BCUT2D eigenvalue weighted by atomic mass is 19.1. The molecular weight excluding hydrogens is 267 g/mol. The van der Waals surface area contributed by atoms with E-state index in [9.17, 15) is 4.39 Å². The van der Waals surface area contributed by atoms with Gasteiger partial charge >= 0.3 is 0 Å². The van der Waals surface area contributed by atoms with Crippen LogP contribution in [0.25, 0.3) is 0 Å². The number of hydrogen-bond acceptors (Lipinski definition) is 3. The van der Waals surface area contributed by atoms with E-state index in [1.54, 1.807) is 6.07 Å². The fourth-order valence-electron chi connectivity index (χ4n) is 2.07. The monoisotopic (exact) mass is 288 g/mol. The number of benzene rings is 1. The lowest BCUT2D eigenvalue weighted by Crippen LogP contribution is -2.14. The van der Waals surface area contributed by atoms with Crippen molar-refractivity contribution in [3.8, 4) is 11.6 Å². The van der Waals surface area contributed by atoms with Gasteiger partial charge in [-0.05, 0) is 50.1 Å². The minimum absolute atomic E-state index is 0.312. The maximum absolute atomic E-state index is 13.3. The number of aromatic nitrogens is 1. The fourth-order valence-corrected chi connectivity index (χ4v) is 2.07. The van der Waals surface area contributed by atoms with E-state index < -0.39 is 0 Å². The quantitative estimate of drug-likeness (QED) is 0.812. The molecule has 0 atom stereocenters. The van der Waals surface area contributed by atoms with Gasteiger partial charge in [0.05, 0.1) is 0 Å². The van der Waals surface area contributed by atoms with Crippen LogP contribution in [0.3, 0.4) is 0 Å². The minimum atomic E-state index is -0.312. The Labute approximate surface area is 125 Å². The van der Waals surface area contributed by atoms with E-state index >= 15 is 0 Å². The van der Waals surface area contributed by atoms with Crippen LogP contribution >= 0.6 is 0 Å². The highest BCUT2D eigenvalue weighted by Crippen LogP contribution is 2.25. The van der Waals surface area contributed by atoms with Gasteiger partial charge in [0, 0.05) is 24.4 Å². The molecule has 1 aromatic heterocycles. The summed E-state index contributed by atoms with van der Waals surface area (Å²) in [5, 5.41) is 3.35. The standard InChI is InChI=1S/C17H21FN2O/c1-4-7-19-11-14-8-13(3)20-17(9-14)21-16-10-15(18)6-5-12(16)2/h5-6,8-10,19H,4,7,11H2,1-3H3. The van der Waals surface area contributed by atoms with Crippen LogP contribution in [0, 0.1) is 19.7 Å². The zero-order valence-corrected chi connectivity index (χ0v) is 12.7. The molecule has 0 aliphatic rings. The van der Waals surface area contributed by atoms with Crippen molar-refractivity contribution in [3.05, 3.63) is 53.0 Å². The molecule has 0 fully saturated rings. The number of rotatable bonds is 6. The Bertz CT molecular complexity index is 614. The zero-order chi connectivity index (χ0) is 15.2.